The van der Waals surface area contributed by atoms with Crippen LogP contribution in [0.2, 0.25) is 0 Å². The Morgan fingerprint density at radius 1 is 1.21 bits per heavy atom. The lowest BCUT2D eigenvalue weighted by Gasteiger charge is -2.33. The molecule has 0 radical (unpaired) electrons. The van der Waals surface area contributed by atoms with Crippen LogP contribution in [0.25, 0.3) is 6.08 Å². The van der Waals surface area contributed by atoms with E-state index in [0.717, 1.165) is 5.69 Å². The van der Waals surface area contributed by atoms with Gasteiger partial charge >= 0.3 is 6.36 Å². The number of fused-ring (bicyclic) bond motifs is 1. The molecule has 1 N–H and O–H groups in total. The molecule has 0 unspecified atom stereocenters. The summed E-state index contributed by atoms with van der Waals surface area (Å²) in [5.74, 6) is -0.220. The van der Waals surface area contributed by atoms with Crippen LogP contribution in [0.15, 0.2) is 24.3 Å². The van der Waals surface area contributed by atoms with Crippen LogP contribution in [-0.4, -0.2) is 22.6 Å². The summed E-state index contributed by atoms with van der Waals surface area (Å²) >= 11 is 6.83. The minimum atomic E-state index is -4.67. The zero-order chi connectivity index (χ0) is 14.1. The summed E-state index contributed by atoms with van der Waals surface area (Å²) in [5, 5.41) is 4.65. The van der Waals surface area contributed by atoms with Crippen molar-refractivity contribution in [3.8, 4) is 5.75 Å². The zero-order valence-corrected chi connectivity index (χ0v) is 12.8. The molecule has 1 heterocycles. The minimum absolute atomic E-state index is 0.220. The second-order valence-corrected chi connectivity index (χ2v) is 5.30. The van der Waals surface area contributed by atoms with Gasteiger partial charge in [-0.15, -0.1) is 13.2 Å². The first-order valence-corrected chi connectivity index (χ1v) is 7.61. The number of anilines is 1. The summed E-state index contributed by atoms with van der Waals surface area (Å²) in [6, 6.07) is 4.24. The van der Waals surface area contributed by atoms with Crippen molar-refractivity contribution in [1.29, 1.82) is 0 Å². The lowest BCUT2D eigenvalue weighted by atomic mass is 9.96. The maximum atomic E-state index is 12.1. The van der Waals surface area contributed by atoms with Crippen molar-refractivity contribution in [3.63, 3.8) is 0 Å². The van der Waals surface area contributed by atoms with Crippen LogP contribution in [0.3, 0.4) is 0 Å². The maximum absolute atomic E-state index is 12.1. The van der Waals surface area contributed by atoms with E-state index in [1.807, 2.05) is 6.08 Å². The smallest absolute Gasteiger partial charge is 0.406 e. The van der Waals surface area contributed by atoms with E-state index in [9.17, 15) is 13.2 Å². The predicted molar refractivity (Wildman–Crippen MR) is 76.1 cm³/mol. The normalized spacial score (nSPS) is 16.7. The number of halogens is 5. The highest BCUT2D eigenvalue weighted by molar-refractivity contribution is 9.09. The van der Waals surface area contributed by atoms with E-state index in [4.69, 9.17) is 0 Å². The zero-order valence-electron chi connectivity index (χ0n) is 9.60. The second-order valence-electron chi connectivity index (χ2n) is 4.18. The molecule has 2 rings (SSSR count). The first-order chi connectivity index (χ1) is 8.87. The van der Waals surface area contributed by atoms with Gasteiger partial charge in [0.2, 0.25) is 0 Å². The summed E-state index contributed by atoms with van der Waals surface area (Å²) in [5.41, 5.74) is 1.16. The fourth-order valence-electron chi connectivity index (χ4n) is 1.74. The molecule has 19 heavy (non-hydrogen) atoms. The topological polar surface area (TPSA) is 21.3 Å². The number of hydrogen-bond acceptors (Lipinski definition) is 2. The maximum Gasteiger partial charge on any atom is 0.573 e. The number of benzene rings is 1. The lowest BCUT2D eigenvalue weighted by Crippen LogP contribution is -2.41. The average Bonchev–Trinajstić information content (AvgIpc) is 2.36. The molecule has 0 saturated carbocycles. The monoisotopic (exact) mass is 399 g/mol. The molecule has 0 bridgehead atoms. The highest BCUT2D eigenvalue weighted by Gasteiger charge is 2.32. The first kappa shape index (κ1) is 14.7. The van der Waals surface area contributed by atoms with E-state index in [2.05, 4.69) is 41.9 Å². The average molecular weight is 401 g/mol. The van der Waals surface area contributed by atoms with Crippen LogP contribution in [0, 0.1) is 0 Å². The third-order valence-corrected chi connectivity index (χ3v) is 4.70. The Morgan fingerprint density at radius 2 is 1.89 bits per heavy atom. The molecule has 0 spiro atoms. The van der Waals surface area contributed by atoms with Crippen molar-refractivity contribution < 1.29 is 17.9 Å². The van der Waals surface area contributed by atoms with Gasteiger partial charge in [0.05, 0.1) is 5.54 Å². The fraction of sp³-hybridized carbons (Fsp3) is 0.333. The van der Waals surface area contributed by atoms with Gasteiger partial charge in [-0.25, -0.2) is 0 Å². The third kappa shape index (κ3) is 3.45. The van der Waals surface area contributed by atoms with E-state index < -0.39 is 6.36 Å². The summed E-state index contributed by atoms with van der Waals surface area (Å²) in [4.78, 5) is 0. The summed E-state index contributed by atoms with van der Waals surface area (Å²) in [6.07, 6.45) is -0.969. The third-order valence-electron chi connectivity index (χ3n) is 2.70. The van der Waals surface area contributed by atoms with E-state index in [0.29, 0.717) is 16.2 Å². The van der Waals surface area contributed by atoms with E-state index in [1.54, 1.807) is 12.1 Å². The molecule has 2 nitrogen and oxygen atoms in total. The minimum Gasteiger partial charge on any atom is -0.406 e. The largest absolute Gasteiger partial charge is 0.573 e. The molecule has 1 aromatic carbocycles. The van der Waals surface area contributed by atoms with Crippen LogP contribution in [0.1, 0.15) is 5.56 Å². The highest BCUT2D eigenvalue weighted by Crippen LogP contribution is 2.34. The lowest BCUT2D eigenvalue weighted by molar-refractivity contribution is -0.274. The van der Waals surface area contributed by atoms with Crippen LogP contribution in [0.4, 0.5) is 18.9 Å². The number of hydrogen-bond donors (Lipinski definition) is 1. The number of rotatable bonds is 3. The summed E-state index contributed by atoms with van der Waals surface area (Å²) in [7, 11) is 0. The molecule has 1 aliphatic heterocycles. The summed E-state index contributed by atoms with van der Waals surface area (Å²) < 4.78 is 40.3. The Kier molecular flexibility index (Phi) is 4.15. The van der Waals surface area contributed by atoms with Gasteiger partial charge in [0.15, 0.2) is 0 Å². The Hall–Kier alpha value is -0.690. The molecular formula is C12H10Br2F3NO. The molecule has 104 valence electrons. The molecular weight excluding hydrogens is 391 g/mol. The molecule has 0 saturated heterocycles. The second kappa shape index (κ2) is 5.36. The highest BCUT2D eigenvalue weighted by atomic mass is 79.9. The number of ether oxygens (including phenoxy) is 1. The quantitative estimate of drug-likeness (QED) is 0.751. The van der Waals surface area contributed by atoms with Crippen molar-refractivity contribution in [1.82, 2.24) is 0 Å². The van der Waals surface area contributed by atoms with Crippen LogP contribution in [-0.2, 0) is 0 Å². The van der Waals surface area contributed by atoms with Crippen molar-refractivity contribution in [2.24, 2.45) is 0 Å². The van der Waals surface area contributed by atoms with Gasteiger partial charge in [-0.05, 0) is 18.2 Å². The van der Waals surface area contributed by atoms with Crippen molar-refractivity contribution in [3.05, 3.63) is 29.8 Å². The number of alkyl halides is 5. The van der Waals surface area contributed by atoms with Gasteiger partial charge in [-0.1, -0.05) is 44.0 Å². The van der Waals surface area contributed by atoms with Gasteiger partial charge in [0, 0.05) is 21.9 Å². The Balaban J connectivity index is 2.27. The Labute approximate surface area is 125 Å². The van der Waals surface area contributed by atoms with E-state index in [-0.39, 0.29) is 11.3 Å². The fourth-order valence-corrected chi connectivity index (χ4v) is 3.32. The van der Waals surface area contributed by atoms with E-state index >= 15 is 0 Å². The predicted octanol–water partition coefficient (Wildman–Crippen LogP) is 4.55. The molecule has 1 aromatic rings. The van der Waals surface area contributed by atoms with Gasteiger partial charge < -0.3 is 10.1 Å². The van der Waals surface area contributed by atoms with Crippen molar-refractivity contribution >= 4 is 43.6 Å². The van der Waals surface area contributed by atoms with Gasteiger partial charge in [0.25, 0.3) is 0 Å². The van der Waals surface area contributed by atoms with Crippen LogP contribution >= 0.6 is 31.9 Å². The van der Waals surface area contributed by atoms with Crippen molar-refractivity contribution in [2.75, 3.05) is 16.0 Å². The van der Waals surface area contributed by atoms with Crippen LogP contribution in [0.5, 0.6) is 5.75 Å². The molecule has 0 fully saturated rings. The van der Waals surface area contributed by atoms with Gasteiger partial charge in [0.1, 0.15) is 5.75 Å². The van der Waals surface area contributed by atoms with Crippen molar-refractivity contribution in [2.45, 2.75) is 11.9 Å². The molecule has 7 heteroatoms. The standard InChI is InChI=1S/C12H10Br2F3NO/c13-6-11(7-14)4-3-8-5-9(19-12(15,16)17)1-2-10(8)18-11/h1-5,18H,6-7H2. The Morgan fingerprint density at radius 3 is 2.47 bits per heavy atom. The molecule has 0 atom stereocenters. The first-order valence-electron chi connectivity index (χ1n) is 5.37. The SMILES string of the molecule is FC(F)(F)Oc1ccc2c(c1)C=CC(CBr)(CBr)N2. The Bertz CT molecular complexity index is 498. The van der Waals surface area contributed by atoms with E-state index in [1.165, 1.54) is 12.1 Å². The summed E-state index contributed by atoms with van der Waals surface area (Å²) in [6.45, 7) is 0. The molecule has 0 amide bonds. The molecule has 0 aliphatic carbocycles. The number of nitrogens with one attached hydrogen (secondary N) is 1. The van der Waals surface area contributed by atoms with Gasteiger partial charge in [-0.2, -0.15) is 0 Å². The molecule has 1 aliphatic rings. The van der Waals surface area contributed by atoms with Crippen LogP contribution < -0.4 is 10.1 Å². The van der Waals surface area contributed by atoms with Gasteiger partial charge in [-0.3, -0.25) is 0 Å². The molecule has 0 aromatic heterocycles.